The predicted octanol–water partition coefficient (Wildman–Crippen LogP) is 5.69. The van der Waals surface area contributed by atoms with Crippen LogP contribution in [0, 0.1) is 0 Å². The van der Waals surface area contributed by atoms with Gasteiger partial charge in [0.15, 0.2) is 0 Å². The SMILES string of the molecule is CC(C)(C)OC(=O)[C@@H]1[C@H](c2cn(C(=O)OC(C)(C)C)c3ccccc23)N1Cc1ccccc1. The van der Waals surface area contributed by atoms with E-state index in [1.165, 1.54) is 0 Å². The fourth-order valence-corrected chi connectivity index (χ4v) is 4.15. The Hall–Kier alpha value is -3.12. The van der Waals surface area contributed by atoms with Gasteiger partial charge in [-0.15, -0.1) is 0 Å². The first-order valence-electron chi connectivity index (χ1n) is 11.3. The van der Waals surface area contributed by atoms with Crippen molar-refractivity contribution < 1.29 is 19.1 Å². The van der Waals surface area contributed by atoms with Crippen LogP contribution in [0.1, 0.15) is 58.7 Å². The summed E-state index contributed by atoms with van der Waals surface area (Å²) in [5, 5.41) is 0.928. The first-order chi connectivity index (χ1) is 15.4. The number of nitrogens with zero attached hydrogens (tertiary/aromatic N) is 2. The monoisotopic (exact) mass is 448 g/mol. The quantitative estimate of drug-likeness (QED) is 0.379. The summed E-state index contributed by atoms with van der Waals surface area (Å²) in [7, 11) is 0. The second-order valence-corrected chi connectivity index (χ2v) is 10.5. The number of fused-ring (bicyclic) bond motifs is 1. The lowest BCUT2D eigenvalue weighted by Gasteiger charge is -2.19. The smallest absolute Gasteiger partial charge is 0.419 e. The minimum Gasteiger partial charge on any atom is -0.459 e. The average molecular weight is 449 g/mol. The van der Waals surface area contributed by atoms with Crippen molar-refractivity contribution in [3.63, 3.8) is 0 Å². The Bertz CT molecular complexity index is 1170. The first-order valence-corrected chi connectivity index (χ1v) is 11.3. The molecule has 2 aromatic carbocycles. The second kappa shape index (κ2) is 8.34. The molecule has 2 heterocycles. The van der Waals surface area contributed by atoms with Crippen LogP contribution in [0.3, 0.4) is 0 Å². The van der Waals surface area contributed by atoms with E-state index in [1.54, 1.807) is 4.57 Å². The van der Waals surface area contributed by atoms with Gasteiger partial charge in [-0.3, -0.25) is 14.3 Å². The van der Waals surface area contributed by atoms with E-state index in [-0.39, 0.29) is 12.0 Å². The molecule has 0 radical (unpaired) electrons. The summed E-state index contributed by atoms with van der Waals surface area (Å²) in [6.07, 6.45) is 1.38. The molecule has 1 aromatic heterocycles. The van der Waals surface area contributed by atoms with E-state index in [0.717, 1.165) is 22.0 Å². The third-order valence-corrected chi connectivity index (χ3v) is 5.43. The van der Waals surface area contributed by atoms with E-state index in [9.17, 15) is 9.59 Å². The van der Waals surface area contributed by atoms with Crippen LogP contribution < -0.4 is 0 Å². The lowest BCUT2D eigenvalue weighted by molar-refractivity contribution is -0.155. The molecule has 3 atom stereocenters. The van der Waals surface area contributed by atoms with Crippen molar-refractivity contribution in [2.75, 3.05) is 0 Å². The molecule has 0 aliphatic carbocycles. The molecule has 0 spiro atoms. The van der Waals surface area contributed by atoms with Gasteiger partial charge in [0.1, 0.15) is 17.2 Å². The predicted molar refractivity (Wildman–Crippen MR) is 128 cm³/mol. The fraction of sp³-hybridized carbons (Fsp3) is 0.407. The molecule has 4 rings (SSSR count). The van der Waals surface area contributed by atoms with Crippen molar-refractivity contribution in [1.82, 2.24) is 9.47 Å². The topological polar surface area (TPSA) is 60.5 Å². The molecule has 0 bridgehead atoms. The molecule has 0 N–H and O–H groups in total. The van der Waals surface area contributed by atoms with E-state index in [4.69, 9.17) is 9.47 Å². The molecule has 6 nitrogen and oxygen atoms in total. The summed E-state index contributed by atoms with van der Waals surface area (Å²) >= 11 is 0. The van der Waals surface area contributed by atoms with Crippen molar-refractivity contribution >= 4 is 23.0 Å². The summed E-state index contributed by atoms with van der Waals surface area (Å²) in [5.41, 5.74) is 1.61. The lowest BCUT2D eigenvalue weighted by Crippen LogP contribution is -2.28. The summed E-state index contributed by atoms with van der Waals surface area (Å²) in [4.78, 5) is 28.2. The minimum absolute atomic E-state index is 0.186. The Labute approximate surface area is 195 Å². The number of hydrogen-bond donors (Lipinski definition) is 0. The second-order valence-electron chi connectivity index (χ2n) is 10.5. The van der Waals surface area contributed by atoms with Gasteiger partial charge >= 0.3 is 12.1 Å². The molecule has 1 unspecified atom stereocenters. The Balaban J connectivity index is 1.72. The molecular formula is C27H32N2O4. The van der Waals surface area contributed by atoms with Crippen LogP contribution in [0.25, 0.3) is 10.9 Å². The van der Waals surface area contributed by atoms with Crippen LogP contribution in [0.4, 0.5) is 4.79 Å². The van der Waals surface area contributed by atoms with Crippen LogP contribution in [0.15, 0.2) is 60.8 Å². The molecule has 3 aromatic rings. The number of rotatable bonds is 4. The molecule has 0 saturated carbocycles. The fourth-order valence-electron chi connectivity index (χ4n) is 4.15. The number of hydrogen-bond acceptors (Lipinski definition) is 5. The van der Waals surface area contributed by atoms with Gasteiger partial charge in [-0.25, -0.2) is 4.79 Å². The molecule has 174 valence electrons. The summed E-state index contributed by atoms with van der Waals surface area (Å²) in [6.45, 7) is 11.8. The Morgan fingerprint density at radius 1 is 0.848 bits per heavy atom. The van der Waals surface area contributed by atoms with E-state index in [1.807, 2.05) is 102 Å². The van der Waals surface area contributed by atoms with Crippen LogP contribution in [0.5, 0.6) is 0 Å². The van der Waals surface area contributed by atoms with Gasteiger partial charge in [0.25, 0.3) is 0 Å². The number of carbonyl (C=O) groups is 2. The molecule has 6 heteroatoms. The van der Waals surface area contributed by atoms with Gasteiger partial charge < -0.3 is 9.47 Å². The van der Waals surface area contributed by atoms with Gasteiger partial charge in [0.2, 0.25) is 0 Å². The molecule has 33 heavy (non-hydrogen) atoms. The highest BCUT2D eigenvalue weighted by atomic mass is 16.6. The zero-order valence-electron chi connectivity index (χ0n) is 20.2. The molecule has 1 aliphatic rings. The highest BCUT2D eigenvalue weighted by molar-refractivity contribution is 5.94. The number of esters is 1. The highest BCUT2D eigenvalue weighted by Crippen LogP contribution is 2.48. The molecule has 1 saturated heterocycles. The van der Waals surface area contributed by atoms with Gasteiger partial charge in [0.05, 0.1) is 11.6 Å². The first kappa shape index (κ1) is 23.1. The number of benzene rings is 2. The summed E-state index contributed by atoms with van der Waals surface area (Å²) < 4.78 is 12.9. The van der Waals surface area contributed by atoms with Gasteiger partial charge in [-0.2, -0.15) is 0 Å². The standard InChI is InChI=1S/C27H32N2O4/c1-26(2,3)32-24(30)23-22(29(23)16-18-12-8-7-9-13-18)20-17-28(25(31)33-27(4,5)6)21-15-11-10-14-19(20)21/h7-15,17,22-23H,16H2,1-6H3/t22-,23-,29?/m0/s1. The maximum atomic E-state index is 13.1. The van der Waals surface area contributed by atoms with Crippen molar-refractivity contribution in [2.24, 2.45) is 0 Å². The average Bonchev–Trinajstić information content (AvgIpc) is 3.27. The van der Waals surface area contributed by atoms with Crippen molar-refractivity contribution in [2.45, 2.75) is 71.4 Å². The van der Waals surface area contributed by atoms with E-state index < -0.39 is 23.3 Å². The minimum atomic E-state index is -0.611. The maximum Gasteiger partial charge on any atom is 0.419 e. The number of aromatic nitrogens is 1. The molecule has 0 amide bonds. The lowest BCUT2D eigenvalue weighted by atomic mass is 10.1. The van der Waals surface area contributed by atoms with Crippen LogP contribution >= 0.6 is 0 Å². The third-order valence-electron chi connectivity index (χ3n) is 5.43. The summed E-state index contributed by atoms with van der Waals surface area (Å²) in [6, 6.07) is 17.2. The van der Waals surface area contributed by atoms with E-state index in [0.29, 0.717) is 6.54 Å². The normalized spacial score (nSPS) is 20.5. The maximum absolute atomic E-state index is 13.1. The van der Waals surface area contributed by atoms with Gasteiger partial charge in [-0.1, -0.05) is 48.5 Å². The number of ether oxygens (including phenoxy) is 2. The van der Waals surface area contributed by atoms with Crippen LogP contribution in [0.2, 0.25) is 0 Å². The number of carbonyl (C=O) groups excluding carboxylic acids is 2. The third kappa shape index (κ3) is 5.11. The number of para-hydroxylation sites is 1. The van der Waals surface area contributed by atoms with Crippen LogP contribution in [-0.2, 0) is 20.8 Å². The van der Waals surface area contributed by atoms with E-state index in [2.05, 4.69) is 4.90 Å². The molecule has 1 fully saturated rings. The molecule has 1 aliphatic heterocycles. The van der Waals surface area contributed by atoms with Crippen molar-refractivity contribution in [3.8, 4) is 0 Å². The van der Waals surface area contributed by atoms with Gasteiger partial charge in [-0.05, 0) is 58.7 Å². The van der Waals surface area contributed by atoms with Crippen molar-refractivity contribution in [1.29, 1.82) is 0 Å². The highest BCUT2D eigenvalue weighted by Gasteiger charge is 2.55. The van der Waals surface area contributed by atoms with Crippen LogP contribution in [-0.4, -0.2) is 38.8 Å². The zero-order chi connectivity index (χ0) is 24.0. The molecular weight excluding hydrogens is 416 g/mol. The Morgan fingerprint density at radius 2 is 1.45 bits per heavy atom. The summed E-state index contributed by atoms with van der Waals surface area (Å²) in [5.74, 6) is -0.252. The zero-order valence-corrected chi connectivity index (χ0v) is 20.2. The largest absolute Gasteiger partial charge is 0.459 e. The van der Waals surface area contributed by atoms with Crippen molar-refractivity contribution in [3.05, 3.63) is 71.9 Å². The Morgan fingerprint density at radius 3 is 2.09 bits per heavy atom. The Kier molecular flexibility index (Phi) is 5.83. The van der Waals surface area contributed by atoms with Gasteiger partial charge in [0, 0.05) is 18.1 Å². The van der Waals surface area contributed by atoms with E-state index >= 15 is 0 Å².